The molecule has 0 atom stereocenters. The zero-order valence-electron chi connectivity index (χ0n) is 7.41. The normalized spacial score (nSPS) is 17.0. The van der Waals surface area contributed by atoms with Gasteiger partial charge in [0.25, 0.3) is 0 Å². The molecule has 1 fully saturated rings. The largest absolute Gasteiger partial charge is 0.477 e. The molecule has 1 saturated carbocycles. The number of aromatic carboxylic acids is 1. The van der Waals surface area contributed by atoms with E-state index in [0.717, 1.165) is 19.3 Å². The van der Waals surface area contributed by atoms with Gasteiger partial charge in [-0.15, -0.1) is 0 Å². The van der Waals surface area contributed by atoms with Crippen molar-refractivity contribution in [1.29, 1.82) is 0 Å². The average molecular weight is 181 g/mol. The van der Waals surface area contributed by atoms with E-state index in [1.54, 1.807) is 6.92 Å². The molecule has 1 aliphatic rings. The topological polar surface area (TPSA) is 63.3 Å². The van der Waals surface area contributed by atoms with Crippen LogP contribution in [0.25, 0.3) is 0 Å². The molecule has 0 aromatic carbocycles. The van der Waals surface area contributed by atoms with Gasteiger partial charge in [-0.2, -0.15) is 0 Å². The maximum Gasteiger partial charge on any atom is 0.341 e. The summed E-state index contributed by atoms with van der Waals surface area (Å²) in [6.07, 6.45) is 3.23. The molecule has 0 spiro atoms. The Morgan fingerprint density at radius 3 is 2.77 bits per heavy atom. The highest BCUT2D eigenvalue weighted by molar-refractivity contribution is 5.90. The third kappa shape index (κ3) is 1.22. The number of aryl methyl sites for hydroxylation is 1. The highest BCUT2D eigenvalue weighted by Gasteiger charge is 2.29. The summed E-state index contributed by atoms with van der Waals surface area (Å²) in [5, 5.41) is 12.7. The van der Waals surface area contributed by atoms with Gasteiger partial charge in [-0.1, -0.05) is 11.6 Å². The maximum absolute atomic E-state index is 10.8. The Kier molecular flexibility index (Phi) is 1.83. The first-order valence-corrected chi connectivity index (χ1v) is 4.39. The van der Waals surface area contributed by atoms with E-state index < -0.39 is 5.97 Å². The zero-order valence-corrected chi connectivity index (χ0v) is 7.41. The van der Waals surface area contributed by atoms with Crippen LogP contribution in [-0.4, -0.2) is 16.2 Å². The lowest BCUT2D eigenvalue weighted by Gasteiger charge is -2.23. The highest BCUT2D eigenvalue weighted by atomic mass is 16.5. The molecule has 4 heteroatoms. The zero-order chi connectivity index (χ0) is 9.42. The number of rotatable bonds is 2. The number of nitrogens with zero attached hydrogens (tertiary/aromatic N) is 1. The predicted molar refractivity (Wildman–Crippen MR) is 44.8 cm³/mol. The fraction of sp³-hybridized carbons (Fsp3) is 0.556. The third-order valence-electron chi connectivity index (χ3n) is 2.59. The van der Waals surface area contributed by atoms with Crippen LogP contribution in [0, 0.1) is 6.92 Å². The van der Waals surface area contributed by atoms with E-state index in [4.69, 9.17) is 9.63 Å². The van der Waals surface area contributed by atoms with Crippen molar-refractivity contribution in [3.8, 4) is 0 Å². The summed E-state index contributed by atoms with van der Waals surface area (Å²) in [6.45, 7) is 1.64. The Bertz CT molecular complexity index is 339. The Labute approximate surface area is 75.5 Å². The van der Waals surface area contributed by atoms with Gasteiger partial charge in [0, 0.05) is 5.92 Å². The minimum absolute atomic E-state index is 0.268. The first-order valence-electron chi connectivity index (χ1n) is 4.39. The second-order valence-electron chi connectivity index (χ2n) is 3.43. The van der Waals surface area contributed by atoms with Crippen molar-refractivity contribution in [2.24, 2.45) is 0 Å². The van der Waals surface area contributed by atoms with Crippen molar-refractivity contribution in [1.82, 2.24) is 5.16 Å². The first-order chi connectivity index (χ1) is 6.20. The summed E-state index contributed by atoms with van der Waals surface area (Å²) in [6, 6.07) is 0. The Hall–Kier alpha value is -1.32. The minimum atomic E-state index is -0.930. The molecule has 2 rings (SSSR count). The molecule has 0 amide bonds. The molecule has 70 valence electrons. The number of carboxylic acids is 1. The summed E-state index contributed by atoms with van der Waals surface area (Å²) in [5.74, 6) is -0.210. The van der Waals surface area contributed by atoms with E-state index in [0.29, 0.717) is 17.4 Å². The predicted octanol–water partition coefficient (Wildman–Crippen LogP) is 1.95. The van der Waals surface area contributed by atoms with Crippen molar-refractivity contribution < 1.29 is 14.4 Å². The van der Waals surface area contributed by atoms with E-state index >= 15 is 0 Å². The number of hydrogen-bond acceptors (Lipinski definition) is 3. The minimum Gasteiger partial charge on any atom is -0.477 e. The fourth-order valence-corrected chi connectivity index (χ4v) is 1.61. The molecule has 0 bridgehead atoms. The van der Waals surface area contributed by atoms with Gasteiger partial charge in [-0.3, -0.25) is 0 Å². The van der Waals surface area contributed by atoms with Crippen LogP contribution in [0.2, 0.25) is 0 Å². The Morgan fingerprint density at radius 2 is 2.31 bits per heavy atom. The quantitative estimate of drug-likeness (QED) is 0.757. The van der Waals surface area contributed by atoms with Crippen LogP contribution in [0.1, 0.15) is 47.0 Å². The van der Waals surface area contributed by atoms with E-state index in [1.807, 2.05) is 0 Å². The van der Waals surface area contributed by atoms with Gasteiger partial charge in [0.1, 0.15) is 17.0 Å². The van der Waals surface area contributed by atoms with Crippen molar-refractivity contribution in [2.75, 3.05) is 0 Å². The van der Waals surface area contributed by atoms with Crippen molar-refractivity contribution in [2.45, 2.75) is 32.1 Å². The van der Waals surface area contributed by atoms with Crippen LogP contribution in [0.15, 0.2) is 4.52 Å². The molecule has 1 heterocycles. The molecule has 1 aliphatic carbocycles. The lowest BCUT2D eigenvalue weighted by atomic mass is 9.81. The molecule has 13 heavy (non-hydrogen) atoms. The molecule has 0 unspecified atom stereocenters. The van der Waals surface area contributed by atoms with Gasteiger partial charge in [-0.05, 0) is 19.8 Å². The van der Waals surface area contributed by atoms with Gasteiger partial charge in [0.15, 0.2) is 0 Å². The fourth-order valence-electron chi connectivity index (χ4n) is 1.61. The van der Waals surface area contributed by atoms with Gasteiger partial charge in [0.05, 0.1) is 0 Å². The van der Waals surface area contributed by atoms with Crippen LogP contribution in [0.4, 0.5) is 0 Å². The second kappa shape index (κ2) is 2.87. The SMILES string of the molecule is Cc1onc(C2CCC2)c1C(=O)O. The van der Waals surface area contributed by atoms with E-state index in [1.165, 1.54) is 0 Å². The van der Waals surface area contributed by atoms with Crippen LogP contribution in [0.5, 0.6) is 0 Å². The number of carboxylic acid groups (broad SMARTS) is 1. The first kappa shape index (κ1) is 8.29. The standard InChI is InChI=1S/C9H11NO3/c1-5-7(9(11)12)8(10-13-5)6-3-2-4-6/h6H,2-4H2,1H3,(H,11,12). The lowest BCUT2D eigenvalue weighted by molar-refractivity contribution is 0.0693. The summed E-state index contributed by atoms with van der Waals surface area (Å²) in [5.41, 5.74) is 0.904. The number of aromatic nitrogens is 1. The van der Waals surface area contributed by atoms with Gasteiger partial charge >= 0.3 is 5.97 Å². The summed E-state index contributed by atoms with van der Waals surface area (Å²) < 4.78 is 4.88. The Balaban J connectivity index is 2.38. The molecular weight excluding hydrogens is 170 g/mol. The van der Waals surface area contributed by atoms with Crippen LogP contribution in [0.3, 0.4) is 0 Å². The van der Waals surface area contributed by atoms with Crippen LogP contribution < -0.4 is 0 Å². The molecule has 0 aliphatic heterocycles. The van der Waals surface area contributed by atoms with Crippen LogP contribution >= 0.6 is 0 Å². The maximum atomic E-state index is 10.8. The van der Waals surface area contributed by atoms with E-state index in [9.17, 15) is 4.79 Å². The molecule has 1 aromatic heterocycles. The monoisotopic (exact) mass is 181 g/mol. The Morgan fingerprint density at radius 1 is 1.62 bits per heavy atom. The van der Waals surface area contributed by atoms with Crippen molar-refractivity contribution in [3.05, 3.63) is 17.0 Å². The van der Waals surface area contributed by atoms with Crippen LogP contribution in [-0.2, 0) is 0 Å². The molecule has 0 saturated heterocycles. The number of carbonyl (C=O) groups is 1. The molecule has 1 aromatic rings. The van der Waals surface area contributed by atoms with E-state index in [-0.39, 0.29) is 5.56 Å². The summed E-state index contributed by atoms with van der Waals surface area (Å²) in [4.78, 5) is 10.8. The third-order valence-corrected chi connectivity index (χ3v) is 2.59. The lowest BCUT2D eigenvalue weighted by Crippen LogP contribution is -2.13. The van der Waals surface area contributed by atoms with E-state index in [2.05, 4.69) is 5.16 Å². The van der Waals surface area contributed by atoms with Gasteiger partial charge < -0.3 is 9.63 Å². The summed E-state index contributed by atoms with van der Waals surface area (Å²) in [7, 11) is 0. The van der Waals surface area contributed by atoms with Gasteiger partial charge in [-0.25, -0.2) is 4.79 Å². The smallest absolute Gasteiger partial charge is 0.341 e. The van der Waals surface area contributed by atoms with Crippen molar-refractivity contribution >= 4 is 5.97 Å². The highest BCUT2D eigenvalue weighted by Crippen LogP contribution is 2.37. The van der Waals surface area contributed by atoms with Gasteiger partial charge in [0.2, 0.25) is 0 Å². The summed E-state index contributed by atoms with van der Waals surface area (Å²) >= 11 is 0. The van der Waals surface area contributed by atoms with Crippen molar-refractivity contribution in [3.63, 3.8) is 0 Å². The average Bonchev–Trinajstić information content (AvgIpc) is 2.28. The number of hydrogen-bond donors (Lipinski definition) is 1. The molecule has 0 radical (unpaired) electrons. The molecular formula is C9H11NO3. The molecule has 4 nitrogen and oxygen atoms in total. The molecule has 1 N–H and O–H groups in total. The second-order valence-corrected chi connectivity index (χ2v) is 3.43.